The lowest BCUT2D eigenvalue weighted by atomic mass is 10.1. The average Bonchev–Trinajstić information content (AvgIpc) is 3.06. The smallest absolute Gasteiger partial charge is 0.261 e. The van der Waals surface area contributed by atoms with Crippen molar-refractivity contribution in [3.8, 4) is 0 Å². The summed E-state index contributed by atoms with van der Waals surface area (Å²) >= 11 is 1.70. The van der Waals surface area contributed by atoms with E-state index in [2.05, 4.69) is 23.1 Å². The molecule has 134 valence electrons. The van der Waals surface area contributed by atoms with E-state index in [0.29, 0.717) is 6.54 Å². The first kappa shape index (κ1) is 16.4. The van der Waals surface area contributed by atoms with Gasteiger partial charge < -0.3 is 9.47 Å². The van der Waals surface area contributed by atoms with Crippen molar-refractivity contribution in [2.45, 2.75) is 6.54 Å². The predicted molar refractivity (Wildman–Crippen MR) is 115 cm³/mol. The van der Waals surface area contributed by atoms with Crippen LogP contribution in [-0.2, 0) is 6.54 Å². The zero-order valence-electron chi connectivity index (χ0n) is 15.3. The Balaban J connectivity index is 2.00. The quantitative estimate of drug-likeness (QED) is 0.438. The topological polar surface area (TPSA) is 38.1 Å². The second-order valence-electron chi connectivity index (χ2n) is 7.10. The molecule has 0 saturated carbocycles. The molecule has 0 fully saturated rings. The van der Waals surface area contributed by atoms with E-state index in [9.17, 15) is 4.79 Å². The Labute approximate surface area is 160 Å². The van der Waals surface area contributed by atoms with Gasteiger partial charge in [0.25, 0.3) is 5.56 Å². The second kappa shape index (κ2) is 6.15. The number of hydrogen-bond acceptors (Lipinski definition) is 4. The van der Waals surface area contributed by atoms with Gasteiger partial charge >= 0.3 is 0 Å². The molecule has 0 spiro atoms. The molecule has 0 bridgehead atoms. The van der Waals surface area contributed by atoms with Gasteiger partial charge in [-0.3, -0.25) is 9.78 Å². The third-order valence-electron chi connectivity index (χ3n) is 5.10. The third-order valence-corrected chi connectivity index (χ3v) is 6.21. The molecule has 5 rings (SSSR count). The second-order valence-corrected chi connectivity index (χ2v) is 8.18. The fourth-order valence-electron chi connectivity index (χ4n) is 3.81. The van der Waals surface area contributed by atoms with E-state index in [0.717, 1.165) is 43.8 Å². The Morgan fingerprint density at radius 1 is 0.963 bits per heavy atom. The molecule has 0 N–H and O–H groups in total. The van der Waals surface area contributed by atoms with Crippen molar-refractivity contribution < 1.29 is 0 Å². The summed E-state index contributed by atoms with van der Waals surface area (Å²) in [6.45, 7) is 1.46. The monoisotopic (exact) mass is 373 g/mol. The van der Waals surface area contributed by atoms with Crippen molar-refractivity contribution in [2.24, 2.45) is 0 Å². The standard InChI is InChI=1S/C22H19N3OS/c1-24(2)11-12-25-16-9-5-3-7-14(16)21-20(22(25)26)19-15-8-4-6-10-17(15)27-18(19)13-23-21/h3-10,13H,11-12H2,1-2H3. The van der Waals surface area contributed by atoms with Crippen LogP contribution in [-0.4, -0.2) is 35.1 Å². The van der Waals surface area contributed by atoms with Gasteiger partial charge in [-0.25, -0.2) is 0 Å². The van der Waals surface area contributed by atoms with Gasteiger partial charge in [0.05, 0.1) is 21.1 Å². The molecular formula is C22H19N3OS. The van der Waals surface area contributed by atoms with Crippen molar-refractivity contribution >= 4 is 53.3 Å². The van der Waals surface area contributed by atoms with Gasteiger partial charge in [-0.05, 0) is 26.2 Å². The molecule has 3 heterocycles. The fourth-order valence-corrected chi connectivity index (χ4v) is 4.89. The van der Waals surface area contributed by atoms with Gasteiger partial charge in [0.15, 0.2) is 0 Å². The lowest BCUT2D eigenvalue weighted by Gasteiger charge is -2.15. The van der Waals surface area contributed by atoms with Crippen LogP contribution in [0.5, 0.6) is 0 Å². The zero-order valence-corrected chi connectivity index (χ0v) is 16.1. The summed E-state index contributed by atoms with van der Waals surface area (Å²) in [5, 5.41) is 3.94. The van der Waals surface area contributed by atoms with Crippen LogP contribution in [0, 0.1) is 0 Å². The van der Waals surface area contributed by atoms with E-state index in [1.807, 2.05) is 55.2 Å². The first-order chi connectivity index (χ1) is 13.1. The van der Waals surface area contributed by atoms with E-state index in [4.69, 9.17) is 4.98 Å². The third kappa shape index (κ3) is 2.46. The molecule has 5 aromatic rings. The summed E-state index contributed by atoms with van der Waals surface area (Å²) in [5.74, 6) is 0. The number of fused-ring (bicyclic) bond motifs is 7. The number of likely N-dealkylation sites (N-methyl/N-ethyl adjacent to an activating group) is 1. The summed E-state index contributed by atoms with van der Waals surface area (Å²) in [6.07, 6.45) is 1.92. The van der Waals surface area contributed by atoms with Crippen molar-refractivity contribution in [3.63, 3.8) is 0 Å². The first-order valence-electron chi connectivity index (χ1n) is 9.01. The number of aromatic nitrogens is 2. The predicted octanol–water partition coefficient (Wildman–Crippen LogP) is 4.48. The number of thiophene rings is 1. The van der Waals surface area contributed by atoms with Crippen LogP contribution < -0.4 is 5.56 Å². The number of para-hydroxylation sites is 1. The van der Waals surface area contributed by atoms with Crippen LogP contribution in [0.4, 0.5) is 0 Å². The first-order valence-corrected chi connectivity index (χ1v) is 9.83. The van der Waals surface area contributed by atoms with E-state index >= 15 is 0 Å². The van der Waals surface area contributed by atoms with Gasteiger partial charge in [0, 0.05) is 40.1 Å². The summed E-state index contributed by atoms with van der Waals surface area (Å²) in [7, 11) is 4.06. The van der Waals surface area contributed by atoms with Crippen LogP contribution >= 0.6 is 11.3 Å². The molecule has 3 aromatic heterocycles. The fraction of sp³-hybridized carbons (Fsp3) is 0.182. The maximum absolute atomic E-state index is 13.6. The Hall–Kier alpha value is -2.76. The van der Waals surface area contributed by atoms with Crippen LogP contribution in [0.2, 0.25) is 0 Å². The van der Waals surface area contributed by atoms with Gasteiger partial charge in [-0.15, -0.1) is 11.3 Å². The molecule has 0 aliphatic carbocycles. The summed E-state index contributed by atoms with van der Waals surface area (Å²) < 4.78 is 4.16. The van der Waals surface area contributed by atoms with Gasteiger partial charge in [0.2, 0.25) is 0 Å². The Morgan fingerprint density at radius 3 is 2.52 bits per heavy atom. The molecule has 0 aliphatic heterocycles. The van der Waals surface area contributed by atoms with E-state index < -0.39 is 0 Å². The number of pyridine rings is 2. The number of benzene rings is 2. The van der Waals surface area contributed by atoms with Crippen molar-refractivity contribution in [1.29, 1.82) is 0 Å². The van der Waals surface area contributed by atoms with Gasteiger partial charge in [-0.2, -0.15) is 0 Å². The molecule has 2 aromatic carbocycles. The molecule has 0 saturated heterocycles. The van der Waals surface area contributed by atoms with Crippen molar-refractivity contribution in [3.05, 3.63) is 65.1 Å². The van der Waals surface area contributed by atoms with Crippen molar-refractivity contribution in [1.82, 2.24) is 14.5 Å². The number of hydrogen-bond donors (Lipinski definition) is 0. The Kier molecular flexibility index (Phi) is 3.74. The molecule has 27 heavy (non-hydrogen) atoms. The van der Waals surface area contributed by atoms with Crippen LogP contribution in [0.3, 0.4) is 0 Å². The van der Waals surface area contributed by atoms with Crippen LogP contribution in [0.25, 0.3) is 42.0 Å². The normalized spacial score (nSPS) is 12.1. The summed E-state index contributed by atoms with van der Waals surface area (Å²) in [4.78, 5) is 20.4. The lowest BCUT2D eigenvalue weighted by molar-refractivity contribution is 0.384. The maximum atomic E-state index is 13.6. The highest BCUT2D eigenvalue weighted by molar-refractivity contribution is 7.26. The summed E-state index contributed by atoms with van der Waals surface area (Å²) in [6, 6.07) is 16.4. The molecule has 0 atom stereocenters. The lowest BCUT2D eigenvalue weighted by Crippen LogP contribution is -2.27. The van der Waals surface area contributed by atoms with Crippen LogP contribution in [0.1, 0.15) is 0 Å². The molecule has 0 amide bonds. The minimum Gasteiger partial charge on any atom is -0.308 e. The van der Waals surface area contributed by atoms with Crippen LogP contribution in [0.15, 0.2) is 59.5 Å². The molecule has 0 unspecified atom stereocenters. The zero-order chi connectivity index (χ0) is 18.5. The molecule has 0 radical (unpaired) electrons. The Bertz CT molecular complexity index is 1380. The SMILES string of the molecule is CN(C)CCn1c(=O)c2c(ncc3sc4ccccc4c32)c2ccccc21. The highest BCUT2D eigenvalue weighted by atomic mass is 32.1. The highest BCUT2D eigenvalue weighted by Crippen LogP contribution is 2.37. The van der Waals surface area contributed by atoms with E-state index in [1.54, 1.807) is 11.3 Å². The molecule has 4 nitrogen and oxygen atoms in total. The number of nitrogens with zero attached hydrogens (tertiary/aromatic N) is 3. The largest absolute Gasteiger partial charge is 0.308 e. The minimum atomic E-state index is 0.0483. The molecular weight excluding hydrogens is 354 g/mol. The molecule has 0 aliphatic rings. The number of rotatable bonds is 3. The highest BCUT2D eigenvalue weighted by Gasteiger charge is 2.17. The maximum Gasteiger partial charge on any atom is 0.261 e. The van der Waals surface area contributed by atoms with Crippen molar-refractivity contribution in [2.75, 3.05) is 20.6 Å². The van der Waals surface area contributed by atoms with E-state index in [-0.39, 0.29) is 5.56 Å². The average molecular weight is 373 g/mol. The van der Waals surface area contributed by atoms with Gasteiger partial charge in [-0.1, -0.05) is 36.4 Å². The van der Waals surface area contributed by atoms with Gasteiger partial charge in [0.1, 0.15) is 0 Å². The summed E-state index contributed by atoms with van der Waals surface area (Å²) in [5.41, 5.74) is 1.79. The van der Waals surface area contributed by atoms with E-state index in [1.165, 1.54) is 4.70 Å². The molecule has 5 heteroatoms. The minimum absolute atomic E-state index is 0.0483. The Morgan fingerprint density at radius 2 is 1.70 bits per heavy atom.